The van der Waals surface area contributed by atoms with Gasteiger partial charge < -0.3 is 5.11 Å². The zero-order chi connectivity index (χ0) is 12.3. The van der Waals surface area contributed by atoms with Crippen LogP contribution in [0.3, 0.4) is 0 Å². The Labute approximate surface area is 98.2 Å². The van der Waals surface area contributed by atoms with Gasteiger partial charge in [0.1, 0.15) is 5.82 Å². The monoisotopic (exact) mass is 300 g/mol. The van der Waals surface area contributed by atoms with Gasteiger partial charge in [-0.1, -0.05) is 6.07 Å². The molecular weight excluding hydrogens is 292 g/mol. The smallest absolute Gasteiger partial charge is 0.388 e. The van der Waals surface area contributed by atoms with Crippen molar-refractivity contribution in [2.24, 2.45) is 0 Å². The Kier molecular flexibility index (Phi) is 4.32. The Morgan fingerprint density at radius 1 is 1.31 bits per heavy atom. The van der Waals surface area contributed by atoms with E-state index in [0.29, 0.717) is 0 Å². The van der Waals surface area contributed by atoms with Crippen LogP contribution in [0.1, 0.15) is 24.5 Å². The number of aliphatic hydroxyl groups excluding tert-OH is 1. The van der Waals surface area contributed by atoms with Crippen LogP contribution in [0, 0.1) is 5.82 Å². The molecule has 1 aromatic carbocycles. The maximum atomic E-state index is 13.0. The van der Waals surface area contributed by atoms with Gasteiger partial charge in [0.25, 0.3) is 0 Å². The molecule has 1 unspecified atom stereocenters. The van der Waals surface area contributed by atoms with Crippen molar-refractivity contribution in [2.75, 3.05) is 0 Å². The van der Waals surface area contributed by atoms with Gasteiger partial charge in [-0.25, -0.2) is 4.39 Å². The topological polar surface area (TPSA) is 20.2 Å². The lowest BCUT2D eigenvalue weighted by Gasteiger charge is -2.12. The molecule has 90 valence electrons. The Morgan fingerprint density at radius 3 is 2.44 bits per heavy atom. The molecule has 1 N–H and O–H groups in total. The highest BCUT2D eigenvalue weighted by Gasteiger charge is 2.28. The summed E-state index contributed by atoms with van der Waals surface area (Å²) in [6.07, 6.45) is -7.17. The molecule has 1 rings (SSSR count). The molecule has 0 amide bonds. The van der Waals surface area contributed by atoms with E-state index in [4.69, 9.17) is 0 Å². The average Bonchev–Trinajstić information content (AvgIpc) is 2.17. The van der Waals surface area contributed by atoms with E-state index in [9.17, 15) is 22.7 Å². The third kappa shape index (κ3) is 4.09. The molecule has 0 aliphatic carbocycles. The second-order valence-corrected chi connectivity index (χ2v) is 4.20. The summed E-state index contributed by atoms with van der Waals surface area (Å²) in [5.74, 6) is -0.608. The molecule has 0 bridgehead atoms. The lowest BCUT2D eigenvalue weighted by Crippen LogP contribution is -2.10. The van der Waals surface area contributed by atoms with Crippen LogP contribution in [-0.4, -0.2) is 11.3 Å². The number of alkyl halides is 3. The largest absolute Gasteiger partial charge is 0.389 e. The van der Waals surface area contributed by atoms with E-state index in [1.165, 1.54) is 12.1 Å². The third-order valence-corrected chi connectivity index (χ3v) is 2.67. The van der Waals surface area contributed by atoms with Crippen LogP contribution in [0.2, 0.25) is 0 Å². The number of aliphatic hydroxyl groups is 1. The van der Waals surface area contributed by atoms with Crippen LogP contribution >= 0.6 is 15.9 Å². The van der Waals surface area contributed by atoms with Crippen LogP contribution in [0.25, 0.3) is 0 Å². The predicted octanol–water partition coefficient (Wildman–Crippen LogP) is 3.96. The molecule has 0 aliphatic rings. The molecule has 0 heterocycles. The SMILES string of the molecule is OC(CCC(F)(F)F)c1ccc(Br)c(F)c1. The van der Waals surface area contributed by atoms with Crippen molar-refractivity contribution in [3.8, 4) is 0 Å². The molecule has 0 spiro atoms. The van der Waals surface area contributed by atoms with Crippen molar-refractivity contribution in [1.82, 2.24) is 0 Å². The number of rotatable bonds is 3. The van der Waals surface area contributed by atoms with Crippen LogP contribution in [0.15, 0.2) is 22.7 Å². The number of hydrogen-bond donors (Lipinski definition) is 1. The van der Waals surface area contributed by atoms with E-state index in [1.54, 1.807) is 0 Å². The first-order valence-corrected chi connectivity index (χ1v) is 5.28. The lowest BCUT2D eigenvalue weighted by atomic mass is 10.0. The average molecular weight is 301 g/mol. The Bertz CT molecular complexity index is 364. The molecule has 1 aromatic rings. The van der Waals surface area contributed by atoms with Crippen molar-refractivity contribution in [1.29, 1.82) is 0 Å². The Hall–Kier alpha value is -0.620. The molecule has 0 saturated carbocycles. The molecule has 1 atom stereocenters. The van der Waals surface area contributed by atoms with Crippen LogP contribution in [-0.2, 0) is 0 Å². The van der Waals surface area contributed by atoms with Gasteiger partial charge in [0.2, 0.25) is 0 Å². The van der Waals surface area contributed by atoms with E-state index in [-0.39, 0.29) is 10.0 Å². The molecule has 0 aromatic heterocycles. The molecular formula is C10H9BrF4O. The highest BCUT2D eigenvalue weighted by Crippen LogP contribution is 2.28. The van der Waals surface area contributed by atoms with Gasteiger partial charge in [-0.3, -0.25) is 0 Å². The van der Waals surface area contributed by atoms with Gasteiger partial charge in [-0.15, -0.1) is 0 Å². The van der Waals surface area contributed by atoms with Crippen molar-refractivity contribution >= 4 is 15.9 Å². The standard InChI is InChI=1S/C10H9BrF4O/c11-7-2-1-6(5-8(7)12)9(16)3-4-10(13,14)15/h1-2,5,9,16H,3-4H2. The van der Waals surface area contributed by atoms with Crippen molar-refractivity contribution in [3.05, 3.63) is 34.1 Å². The van der Waals surface area contributed by atoms with E-state index >= 15 is 0 Å². The highest BCUT2D eigenvalue weighted by atomic mass is 79.9. The van der Waals surface area contributed by atoms with Crippen LogP contribution < -0.4 is 0 Å². The summed E-state index contributed by atoms with van der Waals surface area (Å²) >= 11 is 2.91. The minimum Gasteiger partial charge on any atom is -0.388 e. The zero-order valence-corrected chi connectivity index (χ0v) is 9.65. The molecule has 6 heteroatoms. The fourth-order valence-corrected chi connectivity index (χ4v) is 1.43. The number of benzene rings is 1. The van der Waals surface area contributed by atoms with Gasteiger partial charge >= 0.3 is 6.18 Å². The second kappa shape index (κ2) is 5.14. The van der Waals surface area contributed by atoms with Gasteiger partial charge in [0.05, 0.1) is 10.6 Å². The zero-order valence-electron chi connectivity index (χ0n) is 8.06. The predicted molar refractivity (Wildman–Crippen MR) is 54.3 cm³/mol. The normalized spacial score (nSPS) is 13.9. The summed E-state index contributed by atoms with van der Waals surface area (Å²) < 4.78 is 48.9. The fourth-order valence-electron chi connectivity index (χ4n) is 1.19. The maximum Gasteiger partial charge on any atom is 0.389 e. The maximum absolute atomic E-state index is 13.0. The summed E-state index contributed by atoms with van der Waals surface area (Å²) in [5, 5.41) is 9.42. The molecule has 1 nitrogen and oxygen atoms in total. The first-order chi connectivity index (χ1) is 7.29. The van der Waals surface area contributed by atoms with E-state index < -0.39 is 30.9 Å². The van der Waals surface area contributed by atoms with Gasteiger partial charge in [0.15, 0.2) is 0 Å². The Balaban J connectivity index is 2.66. The van der Waals surface area contributed by atoms with E-state index in [0.717, 1.165) is 6.07 Å². The van der Waals surface area contributed by atoms with Crippen molar-refractivity contribution in [3.63, 3.8) is 0 Å². The molecule has 0 saturated heterocycles. The summed E-state index contributed by atoms with van der Waals surface area (Å²) in [6, 6.07) is 3.75. The molecule has 0 aliphatic heterocycles. The van der Waals surface area contributed by atoms with Crippen LogP contribution in [0.4, 0.5) is 17.6 Å². The third-order valence-electron chi connectivity index (χ3n) is 2.03. The van der Waals surface area contributed by atoms with E-state index in [1.807, 2.05) is 0 Å². The van der Waals surface area contributed by atoms with Gasteiger partial charge in [-0.05, 0) is 40.0 Å². The summed E-state index contributed by atoms with van der Waals surface area (Å²) in [6.45, 7) is 0. The highest BCUT2D eigenvalue weighted by molar-refractivity contribution is 9.10. The van der Waals surface area contributed by atoms with Gasteiger partial charge in [-0.2, -0.15) is 13.2 Å². The molecule has 0 radical (unpaired) electrons. The fraction of sp³-hybridized carbons (Fsp3) is 0.400. The number of hydrogen-bond acceptors (Lipinski definition) is 1. The minimum atomic E-state index is -4.31. The van der Waals surface area contributed by atoms with Gasteiger partial charge in [0, 0.05) is 6.42 Å². The van der Waals surface area contributed by atoms with E-state index in [2.05, 4.69) is 15.9 Å². The lowest BCUT2D eigenvalue weighted by molar-refractivity contribution is -0.140. The first kappa shape index (κ1) is 13.4. The van der Waals surface area contributed by atoms with Crippen molar-refractivity contribution < 1.29 is 22.7 Å². The first-order valence-electron chi connectivity index (χ1n) is 4.49. The summed E-state index contributed by atoms with van der Waals surface area (Å²) in [5.41, 5.74) is 0.143. The minimum absolute atomic E-state index is 0.143. The summed E-state index contributed by atoms with van der Waals surface area (Å²) in [4.78, 5) is 0. The molecule has 16 heavy (non-hydrogen) atoms. The van der Waals surface area contributed by atoms with Crippen LogP contribution in [0.5, 0.6) is 0 Å². The summed E-state index contributed by atoms with van der Waals surface area (Å²) in [7, 11) is 0. The van der Waals surface area contributed by atoms with Crippen molar-refractivity contribution in [2.45, 2.75) is 25.1 Å². The quantitative estimate of drug-likeness (QED) is 0.838. The second-order valence-electron chi connectivity index (χ2n) is 3.34. The molecule has 0 fully saturated rings. The Morgan fingerprint density at radius 2 is 1.94 bits per heavy atom. The number of halogens is 5.